The molecule has 0 aliphatic carbocycles. The molecule has 6 nitrogen and oxygen atoms in total. The van der Waals surface area contributed by atoms with Gasteiger partial charge in [-0.25, -0.2) is 4.98 Å². The molecular weight excluding hydrogens is 376 g/mol. The van der Waals surface area contributed by atoms with Crippen molar-refractivity contribution in [2.75, 3.05) is 12.4 Å². The lowest BCUT2D eigenvalue weighted by atomic mass is 10.0. The van der Waals surface area contributed by atoms with Gasteiger partial charge in [0.1, 0.15) is 17.3 Å². The van der Waals surface area contributed by atoms with E-state index < -0.39 is 0 Å². The summed E-state index contributed by atoms with van der Waals surface area (Å²) in [5.74, 6) is 3.78. The number of hydrogen-bond donors (Lipinski definition) is 1. The third kappa shape index (κ3) is 4.33. The van der Waals surface area contributed by atoms with Crippen molar-refractivity contribution < 1.29 is 9.26 Å². The van der Waals surface area contributed by atoms with Crippen molar-refractivity contribution in [3.05, 3.63) is 83.9 Å². The summed E-state index contributed by atoms with van der Waals surface area (Å²) in [6.45, 7) is 4.35. The van der Waals surface area contributed by atoms with Crippen molar-refractivity contribution in [2.45, 2.75) is 26.2 Å². The summed E-state index contributed by atoms with van der Waals surface area (Å²) in [4.78, 5) is 8.84. The normalized spacial score (nSPS) is 10.9. The molecule has 30 heavy (non-hydrogen) atoms. The molecule has 0 bridgehead atoms. The highest BCUT2D eigenvalue weighted by atomic mass is 16.5. The molecule has 6 heteroatoms. The van der Waals surface area contributed by atoms with Crippen LogP contribution in [0.25, 0.3) is 11.4 Å². The Morgan fingerprint density at radius 2 is 1.80 bits per heavy atom. The lowest BCUT2D eigenvalue weighted by Gasteiger charge is -2.11. The highest BCUT2D eigenvalue weighted by molar-refractivity contribution is 5.69. The van der Waals surface area contributed by atoms with E-state index in [-0.39, 0.29) is 0 Å². The van der Waals surface area contributed by atoms with Gasteiger partial charge in [0.2, 0.25) is 11.7 Å². The zero-order chi connectivity index (χ0) is 20.9. The van der Waals surface area contributed by atoms with Crippen molar-refractivity contribution in [1.82, 2.24) is 15.1 Å². The van der Waals surface area contributed by atoms with Gasteiger partial charge in [-0.2, -0.15) is 4.98 Å². The average Bonchev–Trinajstić information content (AvgIpc) is 3.24. The van der Waals surface area contributed by atoms with E-state index in [9.17, 15) is 0 Å². The summed E-state index contributed by atoms with van der Waals surface area (Å²) in [5, 5.41) is 7.17. The van der Waals surface area contributed by atoms with Crippen molar-refractivity contribution in [3.8, 4) is 22.9 Å². The first-order valence-electron chi connectivity index (χ1n) is 9.95. The molecule has 0 unspecified atom stereocenters. The van der Waals surface area contributed by atoms with Gasteiger partial charge >= 0.3 is 0 Å². The fourth-order valence-corrected chi connectivity index (χ4v) is 3.18. The van der Waals surface area contributed by atoms with E-state index in [2.05, 4.69) is 46.4 Å². The van der Waals surface area contributed by atoms with Crippen LogP contribution in [0.5, 0.6) is 11.5 Å². The average molecular weight is 400 g/mol. The monoisotopic (exact) mass is 400 g/mol. The number of rotatable bonds is 7. The minimum absolute atomic E-state index is 0.475. The molecule has 0 amide bonds. The Kier molecular flexibility index (Phi) is 5.75. The molecule has 152 valence electrons. The van der Waals surface area contributed by atoms with Gasteiger partial charge in [0.25, 0.3) is 0 Å². The molecular formula is C24H24N4O2. The van der Waals surface area contributed by atoms with E-state index in [4.69, 9.17) is 9.26 Å². The van der Waals surface area contributed by atoms with Gasteiger partial charge in [0, 0.05) is 18.8 Å². The zero-order valence-corrected chi connectivity index (χ0v) is 17.3. The number of benzene rings is 2. The molecule has 2 aromatic heterocycles. The minimum Gasteiger partial charge on any atom is -0.457 e. The van der Waals surface area contributed by atoms with Crippen molar-refractivity contribution in [3.63, 3.8) is 0 Å². The molecule has 0 fully saturated rings. The van der Waals surface area contributed by atoms with Crippen LogP contribution in [0.2, 0.25) is 0 Å². The zero-order valence-electron chi connectivity index (χ0n) is 17.3. The number of hydrogen-bond acceptors (Lipinski definition) is 6. The molecule has 1 N–H and O–H groups in total. The van der Waals surface area contributed by atoms with Crippen LogP contribution in [-0.4, -0.2) is 22.2 Å². The fourth-order valence-electron chi connectivity index (χ4n) is 3.18. The molecule has 0 atom stereocenters. The Morgan fingerprint density at radius 3 is 2.57 bits per heavy atom. The Bertz CT molecular complexity index is 1120. The lowest BCUT2D eigenvalue weighted by molar-refractivity contribution is 0.383. The van der Waals surface area contributed by atoms with Gasteiger partial charge in [-0.15, -0.1) is 0 Å². The number of anilines is 1. The predicted octanol–water partition coefficient (Wildman–Crippen LogP) is 5.68. The van der Waals surface area contributed by atoms with Crippen LogP contribution in [0.15, 0.2) is 71.4 Å². The third-order valence-electron chi connectivity index (χ3n) is 4.84. The van der Waals surface area contributed by atoms with Crippen LogP contribution in [0.1, 0.15) is 36.8 Å². The predicted molar refractivity (Wildman–Crippen MR) is 117 cm³/mol. The van der Waals surface area contributed by atoms with Crippen molar-refractivity contribution >= 4 is 5.82 Å². The van der Waals surface area contributed by atoms with E-state index in [0.29, 0.717) is 29.9 Å². The highest BCUT2D eigenvalue weighted by Crippen LogP contribution is 2.29. The van der Waals surface area contributed by atoms with Crippen molar-refractivity contribution in [1.29, 1.82) is 0 Å². The molecule has 2 heterocycles. The van der Waals surface area contributed by atoms with Gasteiger partial charge < -0.3 is 14.6 Å². The number of nitrogens with zero attached hydrogens (tertiary/aromatic N) is 3. The Hall–Kier alpha value is -3.67. The first-order chi connectivity index (χ1) is 14.6. The molecule has 0 spiro atoms. The largest absolute Gasteiger partial charge is 0.457 e. The molecule has 4 rings (SSSR count). The second-order valence-corrected chi connectivity index (χ2v) is 7.27. The van der Waals surface area contributed by atoms with Gasteiger partial charge in [-0.05, 0) is 41.8 Å². The molecule has 4 aromatic rings. The van der Waals surface area contributed by atoms with Crippen LogP contribution >= 0.6 is 0 Å². The quantitative estimate of drug-likeness (QED) is 0.430. The van der Waals surface area contributed by atoms with Crippen LogP contribution in [-0.2, 0) is 6.42 Å². The SMILES string of the molecule is CNc1ncccc1-c1noc(Cc2ccccc2Oc2ccc(C(C)C)cc2)n1. The van der Waals surface area contributed by atoms with Gasteiger partial charge in [0.15, 0.2) is 0 Å². The molecule has 0 radical (unpaired) electrons. The molecule has 0 aliphatic rings. The van der Waals surface area contributed by atoms with Crippen molar-refractivity contribution in [2.24, 2.45) is 0 Å². The minimum atomic E-state index is 0.475. The van der Waals surface area contributed by atoms with E-state index in [0.717, 1.165) is 22.6 Å². The molecule has 0 saturated carbocycles. The maximum absolute atomic E-state index is 6.13. The van der Waals surface area contributed by atoms with E-state index in [1.807, 2.05) is 55.6 Å². The number of para-hydroxylation sites is 1. The standard InChI is InChI=1S/C24H24N4O2/c1-16(2)17-10-12-19(13-11-17)29-21-9-5-4-7-18(21)15-22-27-24(28-30-22)20-8-6-14-26-23(20)25-3/h4-14,16H,15H2,1-3H3,(H,25,26). The van der Waals surface area contributed by atoms with Crippen LogP contribution in [0.4, 0.5) is 5.82 Å². The number of aromatic nitrogens is 3. The summed E-state index contributed by atoms with van der Waals surface area (Å²) < 4.78 is 11.6. The topological polar surface area (TPSA) is 73.1 Å². The summed E-state index contributed by atoms with van der Waals surface area (Å²) >= 11 is 0. The third-order valence-corrected chi connectivity index (χ3v) is 4.84. The number of nitrogens with one attached hydrogen (secondary N) is 1. The highest BCUT2D eigenvalue weighted by Gasteiger charge is 2.15. The lowest BCUT2D eigenvalue weighted by Crippen LogP contribution is -1.96. The number of ether oxygens (including phenoxy) is 1. The summed E-state index contributed by atoms with van der Waals surface area (Å²) in [7, 11) is 1.81. The second kappa shape index (κ2) is 8.78. The van der Waals surface area contributed by atoms with Crippen LogP contribution in [0.3, 0.4) is 0 Å². The maximum atomic E-state index is 6.13. The summed E-state index contributed by atoms with van der Waals surface area (Å²) in [6, 6.07) is 19.8. The Balaban J connectivity index is 1.54. The maximum Gasteiger partial charge on any atom is 0.231 e. The van der Waals surface area contributed by atoms with E-state index >= 15 is 0 Å². The number of pyridine rings is 1. The van der Waals surface area contributed by atoms with Gasteiger partial charge in [-0.3, -0.25) is 0 Å². The first-order valence-corrected chi connectivity index (χ1v) is 9.95. The van der Waals surface area contributed by atoms with Gasteiger partial charge in [0.05, 0.1) is 12.0 Å². The van der Waals surface area contributed by atoms with E-state index in [1.54, 1.807) is 6.20 Å². The van der Waals surface area contributed by atoms with Gasteiger partial charge in [-0.1, -0.05) is 49.3 Å². The summed E-state index contributed by atoms with van der Waals surface area (Å²) in [5.41, 5.74) is 3.05. The Morgan fingerprint density at radius 1 is 1.00 bits per heavy atom. The second-order valence-electron chi connectivity index (χ2n) is 7.27. The van der Waals surface area contributed by atoms with Crippen LogP contribution < -0.4 is 10.1 Å². The van der Waals surface area contributed by atoms with Crippen LogP contribution in [0, 0.1) is 0 Å². The first kappa shape index (κ1) is 19.6. The summed E-state index contributed by atoms with van der Waals surface area (Å²) in [6.07, 6.45) is 2.19. The Labute approximate surface area is 175 Å². The molecule has 2 aromatic carbocycles. The van der Waals surface area contributed by atoms with E-state index in [1.165, 1.54) is 5.56 Å². The fraction of sp³-hybridized carbons (Fsp3) is 0.208. The molecule has 0 aliphatic heterocycles. The molecule has 0 saturated heterocycles. The smallest absolute Gasteiger partial charge is 0.231 e.